The van der Waals surface area contributed by atoms with E-state index in [1.165, 1.54) is 6.42 Å². The monoisotopic (exact) mass is 224 g/mol. The van der Waals surface area contributed by atoms with Crippen molar-refractivity contribution in [1.82, 2.24) is 4.98 Å². The summed E-state index contributed by atoms with van der Waals surface area (Å²) in [6.07, 6.45) is 6.90. The van der Waals surface area contributed by atoms with Crippen molar-refractivity contribution in [2.75, 3.05) is 13.2 Å². The van der Waals surface area contributed by atoms with Crippen LogP contribution in [0, 0.1) is 0 Å². The first kappa shape index (κ1) is 11.6. The Kier molecular flexibility index (Phi) is 3.61. The Morgan fingerprint density at radius 2 is 2.38 bits per heavy atom. The fourth-order valence-corrected chi connectivity index (χ4v) is 2.05. The molecule has 1 aromatic rings. The zero-order valence-electron chi connectivity index (χ0n) is 9.87. The summed E-state index contributed by atoms with van der Waals surface area (Å²) >= 11 is 0. The lowest BCUT2D eigenvalue weighted by molar-refractivity contribution is -0.0870. The van der Waals surface area contributed by atoms with Crippen molar-refractivity contribution in [3.05, 3.63) is 17.8 Å². The highest BCUT2D eigenvalue weighted by Gasteiger charge is 2.34. The third-order valence-electron chi connectivity index (χ3n) is 3.10. The normalized spacial score (nSPS) is 25.9. The Hall–Kier alpha value is -0.870. The molecule has 90 valence electrons. The highest BCUT2D eigenvalue weighted by Crippen LogP contribution is 2.34. The maximum absolute atomic E-state index is 5.79. The molecule has 2 heterocycles. The number of nitrogens with zero attached hydrogens (tertiary/aromatic N) is 1. The summed E-state index contributed by atoms with van der Waals surface area (Å²) in [7, 11) is 0. The molecular weight excluding hydrogens is 204 g/mol. The number of aryl methyl sites for hydroxylation is 1. The van der Waals surface area contributed by atoms with Gasteiger partial charge >= 0.3 is 0 Å². The molecule has 2 N–H and O–H groups in total. The fraction of sp³-hybridized carbons (Fsp3) is 0.750. The van der Waals surface area contributed by atoms with E-state index in [0.717, 1.165) is 43.9 Å². The lowest BCUT2D eigenvalue weighted by Crippen LogP contribution is -2.30. The first-order valence-corrected chi connectivity index (χ1v) is 6.04. The molecular formula is C12H20N2O2. The van der Waals surface area contributed by atoms with Crippen LogP contribution in [0.3, 0.4) is 0 Å². The van der Waals surface area contributed by atoms with Gasteiger partial charge in [-0.15, -0.1) is 0 Å². The van der Waals surface area contributed by atoms with Crippen LogP contribution in [-0.4, -0.2) is 18.1 Å². The van der Waals surface area contributed by atoms with Gasteiger partial charge in [-0.2, -0.15) is 0 Å². The molecule has 4 heteroatoms. The van der Waals surface area contributed by atoms with Gasteiger partial charge in [-0.3, -0.25) is 0 Å². The van der Waals surface area contributed by atoms with E-state index < -0.39 is 0 Å². The van der Waals surface area contributed by atoms with Gasteiger partial charge in [0, 0.05) is 13.0 Å². The molecule has 0 bridgehead atoms. The van der Waals surface area contributed by atoms with Crippen LogP contribution in [-0.2, 0) is 16.8 Å². The largest absolute Gasteiger partial charge is 0.443 e. The minimum atomic E-state index is -0.320. The molecule has 0 aliphatic carbocycles. The summed E-state index contributed by atoms with van der Waals surface area (Å²) in [6, 6.07) is 0. The predicted molar refractivity (Wildman–Crippen MR) is 61.0 cm³/mol. The molecule has 16 heavy (non-hydrogen) atoms. The number of ether oxygens (including phenoxy) is 1. The van der Waals surface area contributed by atoms with E-state index in [0.29, 0.717) is 6.54 Å². The number of hydrogen-bond acceptors (Lipinski definition) is 4. The number of aromatic nitrogens is 1. The molecule has 1 aliphatic rings. The van der Waals surface area contributed by atoms with E-state index in [4.69, 9.17) is 14.9 Å². The van der Waals surface area contributed by atoms with Gasteiger partial charge in [0.25, 0.3) is 0 Å². The van der Waals surface area contributed by atoms with Gasteiger partial charge in [-0.1, -0.05) is 0 Å². The zero-order chi connectivity index (χ0) is 11.4. The van der Waals surface area contributed by atoms with E-state index in [9.17, 15) is 0 Å². The van der Waals surface area contributed by atoms with E-state index in [2.05, 4.69) is 11.9 Å². The molecule has 1 aliphatic heterocycles. The SMILES string of the molecule is CC1(c2ncc(CCCN)o2)CCCCO1. The zero-order valence-corrected chi connectivity index (χ0v) is 9.87. The molecule has 2 rings (SSSR count). The Bertz CT molecular complexity index is 330. The standard InChI is InChI=1S/C12H20N2O2/c1-12(6-2-3-8-15-12)11-14-9-10(16-11)5-4-7-13/h9H,2-8,13H2,1H3. The van der Waals surface area contributed by atoms with Crippen LogP contribution in [0.15, 0.2) is 10.6 Å². The van der Waals surface area contributed by atoms with E-state index in [1.54, 1.807) is 6.20 Å². The second kappa shape index (κ2) is 4.97. The van der Waals surface area contributed by atoms with Crippen molar-refractivity contribution in [2.24, 2.45) is 5.73 Å². The third kappa shape index (κ3) is 2.44. The molecule has 0 aromatic carbocycles. The molecule has 0 radical (unpaired) electrons. The number of nitrogens with two attached hydrogens (primary N) is 1. The van der Waals surface area contributed by atoms with Gasteiger partial charge in [-0.25, -0.2) is 4.98 Å². The van der Waals surface area contributed by atoms with Gasteiger partial charge in [0.2, 0.25) is 5.89 Å². The lowest BCUT2D eigenvalue weighted by Gasteiger charge is -2.30. The van der Waals surface area contributed by atoms with Gasteiger partial charge in [0.05, 0.1) is 6.20 Å². The van der Waals surface area contributed by atoms with Crippen LogP contribution >= 0.6 is 0 Å². The van der Waals surface area contributed by atoms with Gasteiger partial charge < -0.3 is 14.9 Å². The Morgan fingerprint density at radius 1 is 1.50 bits per heavy atom. The molecule has 4 nitrogen and oxygen atoms in total. The van der Waals surface area contributed by atoms with E-state index in [-0.39, 0.29) is 5.60 Å². The molecule has 1 aromatic heterocycles. The summed E-state index contributed by atoms with van der Waals surface area (Å²) in [5.41, 5.74) is 5.14. The highest BCUT2D eigenvalue weighted by molar-refractivity contribution is 5.03. The van der Waals surface area contributed by atoms with Crippen molar-refractivity contribution < 1.29 is 9.15 Å². The molecule has 1 unspecified atom stereocenters. The fourth-order valence-electron chi connectivity index (χ4n) is 2.05. The van der Waals surface area contributed by atoms with Crippen molar-refractivity contribution in [2.45, 2.75) is 44.6 Å². The maximum Gasteiger partial charge on any atom is 0.226 e. The van der Waals surface area contributed by atoms with Gasteiger partial charge in [-0.05, 0) is 39.2 Å². The van der Waals surface area contributed by atoms with Gasteiger partial charge in [0.1, 0.15) is 11.4 Å². The number of hydrogen-bond donors (Lipinski definition) is 1. The average molecular weight is 224 g/mol. The molecule has 0 spiro atoms. The molecule has 1 atom stereocenters. The molecule has 0 amide bonds. The second-order valence-electron chi connectivity index (χ2n) is 4.56. The van der Waals surface area contributed by atoms with Crippen molar-refractivity contribution in [3.8, 4) is 0 Å². The summed E-state index contributed by atoms with van der Waals surface area (Å²) in [5, 5.41) is 0. The molecule has 0 saturated carbocycles. The Balaban J connectivity index is 2.05. The van der Waals surface area contributed by atoms with Crippen molar-refractivity contribution >= 4 is 0 Å². The predicted octanol–water partition coefficient (Wildman–Crippen LogP) is 1.98. The summed E-state index contributed by atoms with van der Waals surface area (Å²) < 4.78 is 11.5. The van der Waals surface area contributed by atoms with Crippen LogP contribution in [0.4, 0.5) is 0 Å². The first-order chi connectivity index (χ1) is 7.74. The van der Waals surface area contributed by atoms with Crippen LogP contribution in [0.1, 0.15) is 44.3 Å². The second-order valence-corrected chi connectivity index (χ2v) is 4.56. The minimum Gasteiger partial charge on any atom is -0.443 e. The van der Waals surface area contributed by atoms with Crippen LogP contribution < -0.4 is 5.73 Å². The summed E-state index contributed by atoms with van der Waals surface area (Å²) in [4.78, 5) is 4.33. The van der Waals surface area contributed by atoms with E-state index in [1.807, 2.05) is 0 Å². The Morgan fingerprint density at radius 3 is 3.06 bits per heavy atom. The van der Waals surface area contributed by atoms with Gasteiger partial charge in [0.15, 0.2) is 0 Å². The summed E-state index contributed by atoms with van der Waals surface area (Å²) in [6.45, 7) is 3.55. The lowest BCUT2D eigenvalue weighted by atomic mass is 9.96. The summed E-state index contributed by atoms with van der Waals surface area (Å²) in [5.74, 6) is 1.63. The number of oxazole rings is 1. The smallest absolute Gasteiger partial charge is 0.226 e. The van der Waals surface area contributed by atoms with Crippen LogP contribution in [0.2, 0.25) is 0 Å². The molecule has 1 fully saturated rings. The highest BCUT2D eigenvalue weighted by atomic mass is 16.5. The van der Waals surface area contributed by atoms with Crippen molar-refractivity contribution in [1.29, 1.82) is 0 Å². The van der Waals surface area contributed by atoms with Crippen LogP contribution in [0.5, 0.6) is 0 Å². The topological polar surface area (TPSA) is 61.3 Å². The quantitative estimate of drug-likeness (QED) is 0.849. The first-order valence-electron chi connectivity index (χ1n) is 6.04. The number of rotatable bonds is 4. The third-order valence-corrected chi connectivity index (χ3v) is 3.10. The maximum atomic E-state index is 5.79. The van der Waals surface area contributed by atoms with Crippen molar-refractivity contribution in [3.63, 3.8) is 0 Å². The minimum absolute atomic E-state index is 0.320. The van der Waals surface area contributed by atoms with Crippen LogP contribution in [0.25, 0.3) is 0 Å². The molecule has 1 saturated heterocycles. The average Bonchev–Trinajstić information content (AvgIpc) is 2.77. The van der Waals surface area contributed by atoms with E-state index >= 15 is 0 Å². The Labute approximate surface area is 96.2 Å².